The van der Waals surface area contributed by atoms with Gasteiger partial charge in [0.25, 0.3) is 15.9 Å². The van der Waals surface area contributed by atoms with Gasteiger partial charge in [0.05, 0.1) is 23.5 Å². The van der Waals surface area contributed by atoms with Crippen molar-refractivity contribution in [1.29, 1.82) is 0 Å². The molecule has 1 aromatic heterocycles. The number of amides is 1. The molecule has 0 saturated heterocycles. The fourth-order valence-corrected chi connectivity index (χ4v) is 4.37. The molecule has 8 nitrogen and oxygen atoms in total. The molecule has 1 amide bonds. The molecule has 9 heteroatoms. The van der Waals surface area contributed by atoms with Crippen molar-refractivity contribution in [2.24, 2.45) is 0 Å². The first kappa shape index (κ1) is 24.2. The maximum Gasteiger partial charge on any atom is 0.264 e. The number of benzene rings is 2. The van der Waals surface area contributed by atoms with Crippen LogP contribution in [0.15, 0.2) is 76.2 Å². The third-order valence-corrected chi connectivity index (χ3v) is 6.66. The molecule has 1 heterocycles. The first-order valence-electron chi connectivity index (χ1n) is 10.6. The second kappa shape index (κ2) is 10.9. The number of anilines is 1. The molecule has 1 unspecified atom stereocenters. The minimum absolute atomic E-state index is 0.101. The Balaban J connectivity index is 1.54. The van der Waals surface area contributed by atoms with E-state index in [1.165, 1.54) is 23.5 Å². The number of hydrogen-bond donors (Lipinski definition) is 1. The van der Waals surface area contributed by atoms with Crippen LogP contribution < -0.4 is 19.1 Å². The van der Waals surface area contributed by atoms with Crippen LogP contribution in [0.3, 0.4) is 0 Å². The van der Waals surface area contributed by atoms with Crippen molar-refractivity contribution in [2.75, 3.05) is 24.6 Å². The highest BCUT2D eigenvalue weighted by atomic mass is 32.2. The van der Waals surface area contributed by atoms with Crippen molar-refractivity contribution in [3.8, 4) is 11.5 Å². The summed E-state index contributed by atoms with van der Waals surface area (Å²) in [7, 11) is -2.25. The number of carbonyl (C=O) groups excluding carboxylic acids is 1. The molecule has 176 valence electrons. The van der Waals surface area contributed by atoms with Crippen molar-refractivity contribution in [3.05, 3.63) is 72.7 Å². The van der Waals surface area contributed by atoms with Gasteiger partial charge in [-0.05, 0) is 74.5 Å². The Labute approximate surface area is 194 Å². The first-order valence-corrected chi connectivity index (χ1v) is 12.0. The van der Waals surface area contributed by atoms with E-state index in [1.807, 2.05) is 19.9 Å². The summed E-state index contributed by atoms with van der Waals surface area (Å²) in [5, 5.41) is 2.85. The Bertz CT molecular complexity index is 1130. The SMILES string of the molecule is CCOc1ccc(S(=O)(=O)N(C)c2ccc(OCC(=O)NC(C)Cc3ccco3)cc2)cc1. The Morgan fingerprint density at radius 2 is 1.67 bits per heavy atom. The topological polar surface area (TPSA) is 98.1 Å². The highest BCUT2D eigenvalue weighted by Gasteiger charge is 2.21. The van der Waals surface area contributed by atoms with Crippen LogP contribution in [-0.2, 0) is 21.2 Å². The monoisotopic (exact) mass is 472 g/mol. The smallest absolute Gasteiger partial charge is 0.264 e. The molecule has 0 saturated carbocycles. The van der Waals surface area contributed by atoms with Gasteiger partial charge in [0.15, 0.2) is 6.61 Å². The second-order valence-electron chi connectivity index (χ2n) is 7.41. The summed E-state index contributed by atoms with van der Waals surface area (Å²) in [6.45, 7) is 4.10. The summed E-state index contributed by atoms with van der Waals surface area (Å²) in [5.74, 6) is 1.61. The zero-order valence-electron chi connectivity index (χ0n) is 18.9. The third kappa shape index (κ3) is 6.52. The predicted octanol–water partition coefficient (Wildman–Crippen LogP) is 3.63. The molecular weight excluding hydrogens is 444 g/mol. The highest BCUT2D eigenvalue weighted by Crippen LogP contribution is 2.25. The normalized spacial score (nSPS) is 12.1. The van der Waals surface area contributed by atoms with Crippen molar-refractivity contribution in [2.45, 2.75) is 31.2 Å². The van der Waals surface area contributed by atoms with Crippen LogP contribution in [0.4, 0.5) is 5.69 Å². The minimum atomic E-state index is -3.73. The standard InChI is InChI=1S/C24H28N2O6S/c1-4-30-20-11-13-23(14-12-20)33(28,29)26(3)19-7-9-21(10-8-19)32-17-24(27)25-18(2)16-22-6-5-15-31-22/h5-15,18H,4,16-17H2,1-3H3,(H,25,27). The number of nitrogens with one attached hydrogen (secondary N) is 1. The van der Waals surface area contributed by atoms with Crippen LogP contribution in [-0.4, -0.2) is 40.6 Å². The lowest BCUT2D eigenvalue weighted by Crippen LogP contribution is -2.37. The van der Waals surface area contributed by atoms with Crippen LogP contribution in [0.1, 0.15) is 19.6 Å². The van der Waals surface area contributed by atoms with E-state index in [0.717, 1.165) is 5.76 Å². The third-order valence-electron chi connectivity index (χ3n) is 4.86. The molecule has 0 aliphatic heterocycles. The van der Waals surface area contributed by atoms with Gasteiger partial charge in [0, 0.05) is 19.5 Å². The predicted molar refractivity (Wildman–Crippen MR) is 125 cm³/mol. The fourth-order valence-electron chi connectivity index (χ4n) is 3.17. The van der Waals surface area contributed by atoms with E-state index in [0.29, 0.717) is 30.2 Å². The number of furan rings is 1. The first-order chi connectivity index (χ1) is 15.8. The van der Waals surface area contributed by atoms with Crippen LogP contribution >= 0.6 is 0 Å². The van der Waals surface area contributed by atoms with E-state index in [-0.39, 0.29) is 23.5 Å². The number of sulfonamides is 1. The van der Waals surface area contributed by atoms with E-state index in [2.05, 4.69) is 5.32 Å². The van der Waals surface area contributed by atoms with Gasteiger partial charge in [0.2, 0.25) is 0 Å². The van der Waals surface area contributed by atoms with Gasteiger partial charge in [-0.3, -0.25) is 9.10 Å². The summed E-state index contributed by atoms with van der Waals surface area (Å²) in [5.41, 5.74) is 0.466. The molecule has 0 fully saturated rings. The average molecular weight is 473 g/mol. The van der Waals surface area contributed by atoms with Gasteiger partial charge in [-0.25, -0.2) is 8.42 Å². The lowest BCUT2D eigenvalue weighted by atomic mass is 10.2. The average Bonchev–Trinajstić information content (AvgIpc) is 3.31. The quantitative estimate of drug-likeness (QED) is 0.458. The number of ether oxygens (including phenoxy) is 2. The molecule has 1 atom stereocenters. The van der Waals surface area contributed by atoms with E-state index in [9.17, 15) is 13.2 Å². The number of nitrogens with zero attached hydrogens (tertiary/aromatic N) is 1. The summed E-state index contributed by atoms with van der Waals surface area (Å²) < 4.78 is 43.2. The van der Waals surface area contributed by atoms with Crippen molar-refractivity contribution < 1.29 is 27.1 Å². The summed E-state index contributed by atoms with van der Waals surface area (Å²) in [6, 6.07) is 16.3. The molecule has 0 radical (unpaired) electrons. The molecule has 3 aromatic rings. The Kier molecular flexibility index (Phi) is 8.00. The van der Waals surface area contributed by atoms with Crippen molar-refractivity contribution >= 4 is 21.6 Å². The molecular formula is C24H28N2O6S. The molecule has 0 bridgehead atoms. The van der Waals surface area contributed by atoms with Gasteiger partial charge in [-0.1, -0.05) is 0 Å². The number of carbonyl (C=O) groups is 1. The maximum atomic E-state index is 12.9. The minimum Gasteiger partial charge on any atom is -0.494 e. The zero-order valence-corrected chi connectivity index (χ0v) is 19.7. The van der Waals surface area contributed by atoms with Crippen LogP contribution in [0, 0.1) is 0 Å². The zero-order chi connectivity index (χ0) is 23.8. The maximum absolute atomic E-state index is 12.9. The lowest BCUT2D eigenvalue weighted by Gasteiger charge is -2.20. The van der Waals surface area contributed by atoms with Crippen molar-refractivity contribution in [1.82, 2.24) is 5.32 Å². The number of hydrogen-bond acceptors (Lipinski definition) is 6. The molecule has 2 aromatic carbocycles. The highest BCUT2D eigenvalue weighted by molar-refractivity contribution is 7.92. The van der Waals surface area contributed by atoms with Crippen LogP contribution in [0.5, 0.6) is 11.5 Å². The van der Waals surface area contributed by atoms with Gasteiger partial charge in [-0.15, -0.1) is 0 Å². The lowest BCUT2D eigenvalue weighted by molar-refractivity contribution is -0.123. The van der Waals surface area contributed by atoms with E-state index in [4.69, 9.17) is 13.9 Å². The Hall–Kier alpha value is -3.46. The molecule has 1 N–H and O–H groups in total. The van der Waals surface area contributed by atoms with Gasteiger partial charge in [-0.2, -0.15) is 0 Å². The summed E-state index contributed by atoms with van der Waals surface area (Å²) in [4.78, 5) is 12.3. The summed E-state index contributed by atoms with van der Waals surface area (Å²) in [6.07, 6.45) is 2.18. The molecule has 0 aliphatic rings. The number of rotatable bonds is 11. The van der Waals surface area contributed by atoms with Crippen LogP contribution in [0.2, 0.25) is 0 Å². The molecule has 33 heavy (non-hydrogen) atoms. The van der Waals surface area contributed by atoms with Gasteiger partial charge < -0.3 is 19.2 Å². The van der Waals surface area contributed by atoms with E-state index >= 15 is 0 Å². The van der Waals surface area contributed by atoms with E-state index < -0.39 is 10.0 Å². The molecule has 0 aliphatic carbocycles. The van der Waals surface area contributed by atoms with Crippen molar-refractivity contribution in [3.63, 3.8) is 0 Å². The largest absolute Gasteiger partial charge is 0.494 e. The van der Waals surface area contributed by atoms with Gasteiger partial charge >= 0.3 is 0 Å². The second-order valence-corrected chi connectivity index (χ2v) is 9.38. The Morgan fingerprint density at radius 1 is 1.03 bits per heavy atom. The fraction of sp³-hybridized carbons (Fsp3) is 0.292. The summed E-state index contributed by atoms with van der Waals surface area (Å²) >= 11 is 0. The molecule has 0 spiro atoms. The van der Waals surface area contributed by atoms with Crippen LogP contribution in [0.25, 0.3) is 0 Å². The Morgan fingerprint density at radius 3 is 2.27 bits per heavy atom. The van der Waals surface area contributed by atoms with E-state index in [1.54, 1.807) is 48.7 Å². The molecule has 3 rings (SSSR count). The van der Waals surface area contributed by atoms with Gasteiger partial charge in [0.1, 0.15) is 17.3 Å².